The van der Waals surface area contributed by atoms with Crippen molar-refractivity contribution in [2.75, 3.05) is 0 Å². The van der Waals surface area contributed by atoms with E-state index in [1.54, 1.807) is 0 Å². The van der Waals surface area contributed by atoms with Gasteiger partial charge >= 0.3 is 0 Å². The summed E-state index contributed by atoms with van der Waals surface area (Å²) in [6.07, 6.45) is 6.69. The molecule has 0 fully saturated rings. The molecule has 1 rings (SSSR count). The van der Waals surface area contributed by atoms with Crippen molar-refractivity contribution in [3.63, 3.8) is 0 Å². The molecule has 0 bridgehead atoms. The van der Waals surface area contributed by atoms with Gasteiger partial charge in [-0.2, -0.15) is 0 Å². The maximum Gasteiger partial charge on any atom is 0.0175 e. The Labute approximate surface area is 115 Å². The van der Waals surface area contributed by atoms with Crippen LogP contribution in [0.3, 0.4) is 0 Å². The molecule has 0 amide bonds. The van der Waals surface area contributed by atoms with E-state index in [1.165, 1.54) is 42.1 Å². The quantitative estimate of drug-likeness (QED) is 0.592. The third-order valence-electron chi connectivity index (χ3n) is 3.32. The zero-order valence-electron chi connectivity index (χ0n) is 11.4. The number of hydrogen-bond donors (Lipinski definition) is 0. The van der Waals surface area contributed by atoms with Gasteiger partial charge in [0.1, 0.15) is 0 Å². The van der Waals surface area contributed by atoms with Crippen molar-refractivity contribution in [2.24, 2.45) is 11.8 Å². The van der Waals surface area contributed by atoms with Gasteiger partial charge in [0.25, 0.3) is 0 Å². The SMILES string of the molecule is CC(C)CCCC(C)CCc1ccc(Br)cc1. The van der Waals surface area contributed by atoms with E-state index in [1.807, 2.05) is 0 Å². The Balaban J connectivity index is 2.19. The predicted molar refractivity (Wildman–Crippen MR) is 80.3 cm³/mol. The van der Waals surface area contributed by atoms with Crippen LogP contribution in [0.15, 0.2) is 28.7 Å². The average molecular weight is 297 g/mol. The van der Waals surface area contributed by atoms with Gasteiger partial charge in [-0.25, -0.2) is 0 Å². The van der Waals surface area contributed by atoms with E-state index in [0.717, 1.165) is 11.8 Å². The van der Waals surface area contributed by atoms with Crippen molar-refractivity contribution in [3.05, 3.63) is 34.3 Å². The van der Waals surface area contributed by atoms with E-state index < -0.39 is 0 Å². The second kappa shape index (κ2) is 7.92. The molecule has 0 nitrogen and oxygen atoms in total. The first kappa shape index (κ1) is 14.8. The first-order chi connectivity index (χ1) is 8.08. The van der Waals surface area contributed by atoms with Gasteiger partial charge in [-0.05, 0) is 42.4 Å². The molecule has 0 radical (unpaired) electrons. The van der Waals surface area contributed by atoms with Crippen molar-refractivity contribution in [1.82, 2.24) is 0 Å². The molecule has 0 aromatic heterocycles. The smallest absolute Gasteiger partial charge is 0.0175 e. The fraction of sp³-hybridized carbons (Fsp3) is 0.625. The highest BCUT2D eigenvalue weighted by atomic mass is 79.9. The van der Waals surface area contributed by atoms with Crippen molar-refractivity contribution in [3.8, 4) is 0 Å². The summed E-state index contributed by atoms with van der Waals surface area (Å²) in [7, 11) is 0. The maximum absolute atomic E-state index is 3.47. The minimum absolute atomic E-state index is 0.855. The normalized spacial score (nSPS) is 13.0. The van der Waals surface area contributed by atoms with Crippen LogP contribution < -0.4 is 0 Å². The van der Waals surface area contributed by atoms with Crippen LogP contribution in [-0.4, -0.2) is 0 Å². The third kappa shape index (κ3) is 6.88. The van der Waals surface area contributed by atoms with Crippen LogP contribution in [0, 0.1) is 11.8 Å². The van der Waals surface area contributed by atoms with Gasteiger partial charge in [-0.15, -0.1) is 0 Å². The first-order valence-electron chi connectivity index (χ1n) is 6.82. The average Bonchev–Trinajstić information content (AvgIpc) is 2.28. The van der Waals surface area contributed by atoms with Crippen LogP contribution in [0.25, 0.3) is 0 Å². The molecule has 1 atom stereocenters. The Morgan fingerprint density at radius 2 is 1.59 bits per heavy atom. The minimum Gasteiger partial charge on any atom is -0.0628 e. The van der Waals surface area contributed by atoms with E-state index in [-0.39, 0.29) is 0 Å². The standard InChI is InChI=1S/C16H25Br/c1-13(2)5-4-6-14(3)7-8-15-9-11-16(17)12-10-15/h9-14H,4-8H2,1-3H3. The monoisotopic (exact) mass is 296 g/mol. The molecule has 0 N–H and O–H groups in total. The molecule has 0 aliphatic heterocycles. The lowest BCUT2D eigenvalue weighted by Crippen LogP contribution is -1.99. The summed E-state index contributed by atoms with van der Waals surface area (Å²) < 4.78 is 1.17. The van der Waals surface area contributed by atoms with Crippen LogP contribution in [0.4, 0.5) is 0 Å². The molecule has 0 heterocycles. The Bertz CT molecular complexity index is 300. The lowest BCUT2D eigenvalue weighted by Gasteiger charge is -2.12. The summed E-state index contributed by atoms with van der Waals surface area (Å²) in [6.45, 7) is 7.01. The second-order valence-corrected chi connectivity index (χ2v) is 6.51. The van der Waals surface area contributed by atoms with Crippen molar-refractivity contribution in [1.29, 1.82) is 0 Å². The molecule has 1 aromatic rings. The number of hydrogen-bond acceptors (Lipinski definition) is 0. The Morgan fingerprint density at radius 1 is 0.941 bits per heavy atom. The Hall–Kier alpha value is -0.300. The van der Waals surface area contributed by atoms with Crippen LogP contribution in [0.1, 0.15) is 52.0 Å². The van der Waals surface area contributed by atoms with Crippen LogP contribution >= 0.6 is 15.9 Å². The Morgan fingerprint density at radius 3 is 2.18 bits per heavy atom. The van der Waals surface area contributed by atoms with Crippen LogP contribution in [0.5, 0.6) is 0 Å². The third-order valence-corrected chi connectivity index (χ3v) is 3.85. The van der Waals surface area contributed by atoms with Gasteiger partial charge in [0, 0.05) is 4.47 Å². The van der Waals surface area contributed by atoms with Crippen LogP contribution in [0.2, 0.25) is 0 Å². The number of halogens is 1. The number of benzene rings is 1. The van der Waals surface area contributed by atoms with Gasteiger partial charge in [-0.3, -0.25) is 0 Å². The summed E-state index contributed by atoms with van der Waals surface area (Å²) in [4.78, 5) is 0. The van der Waals surface area contributed by atoms with Crippen LogP contribution in [-0.2, 0) is 6.42 Å². The van der Waals surface area contributed by atoms with Gasteiger partial charge < -0.3 is 0 Å². The van der Waals surface area contributed by atoms with Gasteiger partial charge in [0.15, 0.2) is 0 Å². The first-order valence-corrected chi connectivity index (χ1v) is 7.61. The van der Waals surface area contributed by atoms with E-state index in [0.29, 0.717) is 0 Å². The summed E-state index contributed by atoms with van der Waals surface area (Å²) in [5.41, 5.74) is 1.46. The van der Waals surface area contributed by atoms with Crippen molar-refractivity contribution in [2.45, 2.75) is 52.9 Å². The molecule has 0 saturated heterocycles. The molecular weight excluding hydrogens is 272 g/mol. The van der Waals surface area contributed by atoms with Gasteiger partial charge in [-0.1, -0.05) is 68.1 Å². The van der Waals surface area contributed by atoms with E-state index in [4.69, 9.17) is 0 Å². The second-order valence-electron chi connectivity index (χ2n) is 5.60. The fourth-order valence-electron chi connectivity index (χ4n) is 2.08. The van der Waals surface area contributed by atoms with Gasteiger partial charge in [0.2, 0.25) is 0 Å². The molecule has 1 heteroatoms. The molecule has 0 aliphatic rings. The molecule has 0 spiro atoms. The van der Waals surface area contributed by atoms with E-state index in [9.17, 15) is 0 Å². The molecule has 96 valence electrons. The molecular formula is C16H25Br. The molecule has 0 aliphatic carbocycles. The predicted octanol–water partition coefficient (Wildman–Crippen LogP) is 5.84. The largest absolute Gasteiger partial charge is 0.0628 e. The summed E-state index contributed by atoms with van der Waals surface area (Å²) >= 11 is 3.47. The molecule has 1 aromatic carbocycles. The van der Waals surface area contributed by atoms with E-state index in [2.05, 4.69) is 61.0 Å². The number of aryl methyl sites for hydroxylation is 1. The number of rotatable bonds is 7. The molecule has 0 saturated carbocycles. The zero-order valence-corrected chi connectivity index (χ0v) is 13.0. The Kier molecular flexibility index (Phi) is 6.87. The van der Waals surface area contributed by atoms with Crippen molar-refractivity contribution >= 4 is 15.9 Å². The molecule has 17 heavy (non-hydrogen) atoms. The minimum atomic E-state index is 0.855. The highest BCUT2D eigenvalue weighted by Gasteiger charge is 2.04. The summed E-state index contributed by atoms with van der Waals surface area (Å²) in [6, 6.07) is 8.73. The highest BCUT2D eigenvalue weighted by molar-refractivity contribution is 9.10. The molecule has 1 unspecified atom stereocenters. The van der Waals surface area contributed by atoms with E-state index >= 15 is 0 Å². The lowest BCUT2D eigenvalue weighted by atomic mass is 9.94. The fourth-order valence-corrected chi connectivity index (χ4v) is 2.35. The lowest BCUT2D eigenvalue weighted by molar-refractivity contribution is 0.437. The highest BCUT2D eigenvalue weighted by Crippen LogP contribution is 2.18. The van der Waals surface area contributed by atoms with Gasteiger partial charge in [0.05, 0.1) is 0 Å². The maximum atomic E-state index is 3.47. The summed E-state index contributed by atoms with van der Waals surface area (Å²) in [5, 5.41) is 0. The summed E-state index contributed by atoms with van der Waals surface area (Å²) in [5.74, 6) is 1.71. The zero-order chi connectivity index (χ0) is 12.7. The topological polar surface area (TPSA) is 0 Å². The van der Waals surface area contributed by atoms with Crippen molar-refractivity contribution < 1.29 is 0 Å².